The third kappa shape index (κ3) is 5.71. The van der Waals surface area contributed by atoms with Crippen LogP contribution in [0.5, 0.6) is 0 Å². The standard InChI is InChI=1S/C23H29N5/c1-3-24-23(27-17-21-12-8-7-9-19(21)2)26-14-13-22-25-15-16-28(22)18-20-10-5-4-6-11-20/h4-12,15-16H,3,13-14,17-18H2,1-2H3,(H2,24,26,27). The smallest absolute Gasteiger partial charge is 0.191 e. The summed E-state index contributed by atoms with van der Waals surface area (Å²) in [5.74, 6) is 1.91. The average Bonchev–Trinajstić information content (AvgIpc) is 3.15. The van der Waals surface area contributed by atoms with Gasteiger partial charge in [0.25, 0.3) is 0 Å². The Bertz CT molecular complexity index is 883. The van der Waals surface area contributed by atoms with Crippen molar-refractivity contribution in [3.63, 3.8) is 0 Å². The Morgan fingerprint density at radius 3 is 2.61 bits per heavy atom. The second-order valence-corrected chi connectivity index (χ2v) is 6.76. The van der Waals surface area contributed by atoms with Crippen LogP contribution in [0.3, 0.4) is 0 Å². The zero-order valence-electron chi connectivity index (χ0n) is 16.7. The molecule has 2 aromatic carbocycles. The van der Waals surface area contributed by atoms with Crippen molar-refractivity contribution in [2.24, 2.45) is 4.99 Å². The molecule has 1 aromatic heterocycles. The molecule has 0 aliphatic heterocycles. The van der Waals surface area contributed by atoms with Gasteiger partial charge in [0.1, 0.15) is 5.82 Å². The van der Waals surface area contributed by atoms with Crippen molar-refractivity contribution in [1.82, 2.24) is 20.2 Å². The van der Waals surface area contributed by atoms with Gasteiger partial charge in [-0.3, -0.25) is 0 Å². The van der Waals surface area contributed by atoms with E-state index < -0.39 is 0 Å². The fourth-order valence-electron chi connectivity index (χ4n) is 3.08. The third-order valence-corrected chi connectivity index (χ3v) is 4.65. The number of aliphatic imine (C=N–C) groups is 1. The maximum absolute atomic E-state index is 4.72. The van der Waals surface area contributed by atoms with Gasteiger partial charge in [0, 0.05) is 38.4 Å². The predicted molar refractivity (Wildman–Crippen MR) is 115 cm³/mol. The molecule has 2 N–H and O–H groups in total. The lowest BCUT2D eigenvalue weighted by molar-refractivity contribution is 0.694. The van der Waals surface area contributed by atoms with Crippen molar-refractivity contribution in [1.29, 1.82) is 0 Å². The highest BCUT2D eigenvalue weighted by Crippen LogP contribution is 2.08. The van der Waals surface area contributed by atoms with E-state index in [9.17, 15) is 0 Å². The molecular formula is C23H29N5. The number of hydrogen-bond acceptors (Lipinski definition) is 2. The van der Waals surface area contributed by atoms with E-state index >= 15 is 0 Å². The van der Waals surface area contributed by atoms with Gasteiger partial charge in [-0.1, -0.05) is 54.6 Å². The van der Waals surface area contributed by atoms with Gasteiger partial charge in [-0.25, -0.2) is 9.98 Å². The van der Waals surface area contributed by atoms with E-state index in [4.69, 9.17) is 4.99 Å². The fourth-order valence-corrected chi connectivity index (χ4v) is 3.08. The predicted octanol–water partition coefficient (Wildman–Crippen LogP) is 3.54. The average molecular weight is 376 g/mol. The maximum atomic E-state index is 4.72. The first-order chi connectivity index (χ1) is 13.8. The van der Waals surface area contributed by atoms with E-state index in [-0.39, 0.29) is 0 Å². The normalized spacial score (nSPS) is 11.4. The minimum absolute atomic E-state index is 0.671. The van der Waals surface area contributed by atoms with Crippen LogP contribution in [0, 0.1) is 6.92 Å². The molecular weight excluding hydrogens is 346 g/mol. The molecule has 5 nitrogen and oxygen atoms in total. The first-order valence-corrected chi connectivity index (χ1v) is 9.87. The summed E-state index contributed by atoms with van der Waals surface area (Å²) in [6.45, 7) is 7.34. The molecule has 0 saturated carbocycles. The summed E-state index contributed by atoms with van der Waals surface area (Å²) in [5, 5.41) is 6.74. The molecule has 3 rings (SSSR count). The molecule has 0 saturated heterocycles. The first kappa shape index (κ1) is 19.7. The van der Waals surface area contributed by atoms with Gasteiger partial charge < -0.3 is 15.2 Å². The molecule has 146 valence electrons. The summed E-state index contributed by atoms with van der Waals surface area (Å²) in [6.07, 6.45) is 4.75. The molecule has 0 aliphatic rings. The topological polar surface area (TPSA) is 54.2 Å². The summed E-state index contributed by atoms with van der Waals surface area (Å²) in [6, 6.07) is 18.8. The summed E-state index contributed by atoms with van der Waals surface area (Å²) in [5.41, 5.74) is 3.80. The van der Waals surface area contributed by atoms with E-state index in [0.717, 1.165) is 37.8 Å². The number of nitrogens with one attached hydrogen (secondary N) is 2. The Kier molecular flexibility index (Phi) is 7.24. The SMILES string of the molecule is CCNC(=NCc1ccccc1C)NCCc1nccn1Cc1ccccc1. The summed E-state index contributed by atoms with van der Waals surface area (Å²) in [4.78, 5) is 9.24. The molecule has 28 heavy (non-hydrogen) atoms. The second-order valence-electron chi connectivity index (χ2n) is 6.76. The Hall–Kier alpha value is -3.08. The lowest BCUT2D eigenvalue weighted by Gasteiger charge is -2.13. The van der Waals surface area contributed by atoms with Crippen LogP contribution in [0.1, 0.15) is 29.4 Å². The monoisotopic (exact) mass is 375 g/mol. The van der Waals surface area contributed by atoms with Crippen LogP contribution in [-0.2, 0) is 19.5 Å². The largest absolute Gasteiger partial charge is 0.357 e. The second kappa shape index (κ2) is 10.3. The van der Waals surface area contributed by atoms with Crippen molar-refractivity contribution in [3.05, 3.63) is 89.5 Å². The van der Waals surface area contributed by atoms with Crippen LogP contribution in [0.15, 0.2) is 72.0 Å². The molecule has 0 radical (unpaired) electrons. The quantitative estimate of drug-likeness (QED) is 0.468. The van der Waals surface area contributed by atoms with Gasteiger partial charge >= 0.3 is 0 Å². The maximum Gasteiger partial charge on any atom is 0.191 e. The number of imidazole rings is 1. The van der Waals surface area contributed by atoms with Crippen LogP contribution in [0.2, 0.25) is 0 Å². The van der Waals surface area contributed by atoms with Gasteiger partial charge in [0.15, 0.2) is 5.96 Å². The minimum atomic E-state index is 0.671. The van der Waals surface area contributed by atoms with Crippen LogP contribution >= 0.6 is 0 Å². The molecule has 5 heteroatoms. The van der Waals surface area contributed by atoms with Gasteiger partial charge in [0.05, 0.1) is 6.54 Å². The van der Waals surface area contributed by atoms with Gasteiger partial charge in [0.2, 0.25) is 0 Å². The fraction of sp³-hybridized carbons (Fsp3) is 0.304. The third-order valence-electron chi connectivity index (χ3n) is 4.65. The van der Waals surface area contributed by atoms with E-state index in [1.54, 1.807) is 0 Å². The highest BCUT2D eigenvalue weighted by Gasteiger charge is 2.05. The van der Waals surface area contributed by atoms with Crippen LogP contribution in [0.4, 0.5) is 0 Å². The number of benzene rings is 2. The van der Waals surface area contributed by atoms with E-state index in [2.05, 4.69) is 82.6 Å². The number of hydrogen-bond donors (Lipinski definition) is 2. The van der Waals surface area contributed by atoms with Crippen molar-refractivity contribution < 1.29 is 0 Å². The Labute approximate surface area is 167 Å². The molecule has 0 fully saturated rings. The molecule has 1 heterocycles. The molecule has 3 aromatic rings. The molecule has 0 spiro atoms. The van der Waals surface area contributed by atoms with Gasteiger partial charge in [-0.2, -0.15) is 0 Å². The molecule has 0 aliphatic carbocycles. The van der Waals surface area contributed by atoms with E-state index in [0.29, 0.717) is 6.54 Å². The lowest BCUT2D eigenvalue weighted by Crippen LogP contribution is -2.38. The van der Waals surface area contributed by atoms with Crippen LogP contribution in [-0.4, -0.2) is 28.6 Å². The van der Waals surface area contributed by atoms with Crippen molar-refractivity contribution in [3.8, 4) is 0 Å². The van der Waals surface area contributed by atoms with Gasteiger partial charge in [-0.05, 0) is 30.5 Å². The van der Waals surface area contributed by atoms with Crippen LogP contribution < -0.4 is 10.6 Å². The van der Waals surface area contributed by atoms with E-state index in [1.807, 2.05) is 18.5 Å². The van der Waals surface area contributed by atoms with Crippen LogP contribution in [0.25, 0.3) is 0 Å². The number of nitrogens with zero attached hydrogens (tertiary/aromatic N) is 3. The Balaban J connectivity index is 1.56. The zero-order valence-corrected chi connectivity index (χ0v) is 16.7. The molecule has 0 unspecified atom stereocenters. The number of rotatable bonds is 8. The number of guanidine groups is 1. The molecule has 0 amide bonds. The van der Waals surface area contributed by atoms with Gasteiger partial charge in [-0.15, -0.1) is 0 Å². The zero-order chi connectivity index (χ0) is 19.6. The summed E-state index contributed by atoms with van der Waals surface area (Å²) < 4.78 is 2.20. The summed E-state index contributed by atoms with van der Waals surface area (Å²) in [7, 11) is 0. The lowest BCUT2D eigenvalue weighted by atomic mass is 10.1. The number of aromatic nitrogens is 2. The Morgan fingerprint density at radius 2 is 1.82 bits per heavy atom. The molecule has 0 bridgehead atoms. The molecule has 0 atom stereocenters. The van der Waals surface area contributed by atoms with Crippen molar-refractivity contribution in [2.45, 2.75) is 33.4 Å². The summed E-state index contributed by atoms with van der Waals surface area (Å²) >= 11 is 0. The highest BCUT2D eigenvalue weighted by molar-refractivity contribution is 5.79. The first-order valence-electron chi connectivity index (χ1n) is 9.87. The van der Waals surface area contributed by atoms with Crippen molar-refractivity contribution >= 4 is 5.96 Å². The minimum Gasteiger partial charge on any atom is -0.357 e. The Morgan fingerprint density at radius 1 is 1.04 bits per heavy atom. The van der Waals surface area contributed by atoms with Crippen molar-refractivity contribution in [2.75, 3.05) is 13.1 Å². The van der Waals surface area contributed by atoms with E-state index in [1.165, 1.54) is 16.7 Å². The highest BCUT2D eigenvalue weighted by atomic mass is 15.2. The number of aryl methyl sites for hydroxylation is 1.